The molecule has 1 aliphatic heterocycles. The summed E-state index contributed by atoms with van der Waals surface area (Å²) in [5.74, 6) is 1.27. The Morgan fingerprint density at radius 3 is 2.84 bits per heavy atom. The highest BCUT2D eigenvalue weighted by Crippen LogP contribution is 2.34. The number of nitrogens with zero attached hydrogens (tertiary/aromatic N) is 3. The van der Waals surface area contributed by atoms with Crippen LogP contribution in [0.25, 0.3) is 0 Å². The zero-order valence-electron chi connectivity index (χ0n) is 15.8. The van der Waals surface area contributed by atoms with Crippen molar-refractivity contribution in [2.45, 2.75) is 59.5 Å². The number of hydrogen-bond acceptors (Lipinski definition) is 2. The Labute approximate surface area is 150 Å². The van der Waals surface area contributed by atoms with Crippen molar-refractivity contribution in [2.75, 3.05) is 6.54 Å². The Bertz CT molecular complexity index is 749. The van der Waals surface area contributed by atoms with E-state index < -0.39 is 0 Å². The highest BCUT2D eigenvalue weighted by atomic mass is 16.2. The molecular weight excluding hydrogens is 310 g/mol. The number of likely N-dealkylation sites (tertiary alicyclic amines) is 1. The standard InChI is InChI=1S/C21H29N3O/c1-5-20-22-10-12-23(20)14-17(4)21(25)24-11-6-7-19(24)18-9-8-15(2)16(3)13-18/h8-10,12-13,17,19H,5-7,11,14H2,1-4H3/t17-,19-/m0/s1. The van der Waals surface area contributed by atoms with Gasteiger partial charge in [0, 0.05) is 31.9 Å². The summed E-state index contributed by atoms with van der Waals surface area (Å²) >= 11 is 0. The molecule has 25 heavy (non-hydrogen) atoms. The number of amides is 1. The van der Waals surface area contributed by atoms with Gasteiger partial charge in [-0.2, -0.15) is 0 Å². The number of carbonyl (C=O) groups excluding carboxylic acids is 1. The van der Waals surface area contributed by atoms with Crippen LogP contribution >= 0.6 is 0 Å². The molecule has 4 heteroatoms. The summed E-state index contributed by atoms with van der Waals surface area (Å²) in [5, 5.41) is 0. The maximum absolute atomic E-state index is 13.1. The van der Waals surface area contributed by atoms with Gasteiger partial charge in [0.1, 0.15) is 5.82 Å². The number of hydrogen-bond donors (Lipinski definition) is 0. The SMILES string of the molecule is CCc1nccn1C[C@H](C)C(=O)N1CCC[C@H]1c1ccc(C)c(C)c1. The van der Waals surface area contributed by atoms with Crippen LogP contribution < -0.4 is 0 Å². The van der Waals surface area contributed by atoms with E-state index in [-0.39, 0.29) is 17.9 Å². The van der Waals surface area contributed by atoms with E-state index in [0.29, 0.717) is 6.54 Å². The van der Waals surface area contributed by atoms with Gasteiger partial charge in [0.05, 0.1) is 12.0 Å². The van der Waals surface area contributed by atoms with Gasteiger partial charge in [-0.1, -0.05) is 32.0 Å². The summed E-state index contributed by atoms with van der Waals surface area (Å²) in [6.07, 6.45) is 6.84. The van der Waals surface area contributed by atoms with E-state index in [1.807, 2.05) is 19.3 Å². The average molecular weight is 339 g/mol. The summed E-state index contributed by atoms with van der Waals surface area (Å²) in [5.41, 5.74) is 3.88. The highest BCUT2D eigenvalue weighted by molar-refractivity contribution is 5.79. The molecule has 0 radical (unpaired) electrons. The first-order valence-corrected chi connectivity index (χ1v) is 9.39. The summed E-state index contributed by atoms with van der Waals surface area (Å²) < 4.78 is 2.11. The van der Waals surface area contributed by atoms with Gasteiger partial charge in [0.15, 0.2) is 0 Å². The van der Waals surface area contributed by atoms with E-state index in [1.165, 1.54) is 16.7 Å². The van der Waals surface area contributed by atoms with Gasteiger partial charge in [-0.3, -0.25) is 4.79 Å². The zero-order valence-corrected chi connectivity index (χ0v) is 15.8. The summed E-state index contributed by atoms with van der Waals surface area (Å²) in [4.78, 5) is 19.6. The number of imidazole rings is 1. The van der Waals surface area contributed by atoms with Crippen molar-refractivity contribution in [1.82, 2.24) is 14.5 Å². The van der Waals surface area contributed by atoms with Gasteiger partial charge in [-0.25, -0.2) is 4.98 Å². The molecule has 2 atom stereocenters. The molecule has 0 N–H and O–H groups in total. The minimum Gasteiger partial charge on any atom is -0.335 e. The summed E-state index contributed by atoms with van der Waals surface area (Å²) in [6.45, 7) is 9.99. The minimum atomic E-state index is -0.0355. The number of aromatic nitrogens is 2. The van der Waals surface area contributed by atoms with E-state index in [2.05, 4.69) is 53.4 Å². The van der Waals surface area contributed by atoms with Crippen molar-refractivity contribution >= 4 is 5.91 Å². The number of benzene rings is 1. The quantitative estimate of drug-likeness (QED) is 0.824. The maximum atomic E-state index is 13.1. The fourth-order valence-electron chi connectivity index (χ4n) is 3.83. The van der Waals surface area contributed by atoms with Gasteiger partial charge in [-0.15, -0.1) is 0 Å². The van der Waals surface area contributed by atoms with Crippen LogP contribution in [0.15, 0.2) is 30.6 Å². The summed E-state index contributed by atoms with van der Waals surface area (Å²) in [7, 11) is 0. The van der Waals surface area contributed by atoms with Gasteiger partial charge in [0.25, 0.3) is 0 Å². The Kier molecular flexibility index (Phi) is 5.26. The van der Waals surface area contributed by atoms with Gasteiger partial charge in [-0.05, 0) is 43.4 Å². The first kappa shape index (κ1) is 17.7. The molecule has 1 fully saturated rings. The lowest BCUT2D eigenvalue weighted by molar-refractivity contribution is -0.136. The second kappa shape index (κ2) is 7.42. The molecule has 1 aromatic heterocycles. The van der Waals surface area contributed by atoms with Crippen LogP contribution in [0.4, 0.5) is 0 Å². The molecule has 0 aliphatic carbocycles. The van der Waals surface area contributed by atoms with Gasteiger partial charge < -0.3 is 9.47 Å². The van der Waals surface area contributed by atoms with E-state index in [4.69, 9.17) is 0 Å². The van der Waals surface area contributed by atoms with Crippen molar-refractivity contribution in [3.63, 3.8) is 0 Å². The van der Waals surface area contributed by atoms with Crippen LogP contribution in [0.5, 0.6) is 0 Å². The number of rotatable bonds is 5. The molecule has 3 rings (SSSR count). The van der Waals surface area contributed by atoms with Gasteiger partial charge in [0.2, 0.25) is 5.91 Å². The number of carbonyl (C=O) groups is 1. The van der Waals surface area contributed by atoms with Crippen molar-refractivity contribution in [2.24, 2.45) is 5.92 Å². The second-order valence-corrected chi connectivity index (χ2v) is 7.28. The second-order valence-electron chi connectivity index (χ2n) is 7.28. The first-order valence-electron chi connectivity index (χ1n) is 9.39. The topological polar surface area (TPSA) is 38.1 Å². The molecule has 1 saturated heterocycles. The Balaban J connectivity index is 1.74. The first-order chi connectivity index (χ1) is 12.0. The molecule has 134 valence electrons. The van der Waals surface area contributed by atoms with E-state index in [9.17, 15) is 4.79 Å². The third kappa shape index (κ3) is 3.63. The highest BCUT2D eigenvalue weighted by Gasteiger charge is 2.32. The third-order valence-corrected chi connectivity index (χ3v) is 5.46. The van der Waals surface area contributed by atoms with Crippen LogP contribution in [0.3, 0.4) is 0 Å². The fraction of sp³-hybridized carbons (Fsp3) is 0.524. The van der Waals surface area contributed by atoms with E-state index >= 15 is 0 Å². The Morgan fingerprint density at radius 1 is 1.32 bits per heavy atom. The molecule has 0 unspecified atom stereocenters. The molecule has 0 spiro atoms. The average Bonchev–Trinajstić information content (AvgIpc) is 3.25. The predicted molar refractivity (Wildman–Crippen MR) is 100 cm³/mol. The normalized spacial score (nSPS) is 18.6. The maximum Gasteiger partial charge on any atom is 0.227 e. The van der Waals surface area contributed by atoms with Crippen LogP contribution in [-0.2, 0) is 17.8 Å². The zero-order chi connectivity index (χ0) is 18.0. The van der Waals surface area contributed by atoms with Crippen molar-refractivity contribution in [3.8, 4) is 0 Å². The molecule has 2 aromatic rings. The minimum absolute atomic E-state index is 0.0355. The molecule has 1 aliphatic rings. The number of aryl methyl sites for hydroxylation is 3. The molecule has 1 aromatic carbocycles. The largest absolute Gasteiger partial charge is 0.335 e. The van der Waals surface area contributed by atoms with Gasteiger partial charge >= 0.3 is 0 Å². The van der Waals surface area contributed by atoms with Crippen molar-refractivity contribution in [1.29, 1.82) is 0 Å². The van der Waals surface area contributed by atoms with Crippen LogP contribution in [0.2, 0.25) is 0 Å². The lowest BCUT2D eigenvalue weighted by Crippen LogP contribution is -2.36. The van der Waals surface area contributed by atoms with Crippen LogP contribution in [0.1, 0.15) is 55.2 Å². The molecule has 0 saturated carbocycles. The van der Waals surface area contributed by atoms with Crippen LogP contribution in [0, 0.1) is 19.8 Å². The monoisotopic (exact) mass is 339 g/mol. The Hall–Kier alpha value is -2.10. The fourth-order valence-corrected chi connectivity index (χ4v) is 3.83. The van der Waals surface area contributed by atoms with Crippen LogP contribution in [-0.4, -0.2) is 26.9 Å². The lowest BCUT2D eigenvalue weighted by Gasteiger charge is -2.28. The third-order valence-electron chi connectivity index (χ3n) is 5.46. The molecule has 1 amide bonds. The summed E-state index contributed by atoms with van der Waals surface area (Å²) in [6, 6.07) is 6.84. The predicted octanol–water partition coefficient (Wildman–Crippen LogP) is 4.06. The molecule has 4 nitrogen and oxygen atoms in total. The Morgan fingerprint density at radius 2 is 2.12 bits per heavy atom. The molecule has 0 bridgehead atoms. The van der Waals surface area contributed by atoms with E-state index in [1.54, 1.807) is 0 Å². The smallest absolute Gasteiger partial charge is 0.227 e. The van der Waals surface area contributed by atoms with Crippen molar-refractivity contribution in [3.05, 3.63) is 53.1 Å². The lowest BCUT2D eigenvalue weighted by atomic mass is 9.98. The molecule has 2 heterocycles. The van der Waals surface area contributed by atoms with Crippen molar-refractivity contribution < 1.29 is 4.79 Å². The molecular formula is C21H29N3O. The van der Waals surface area contributed by atoms with E-state index in [0.717, 1.165) is 31.6 Å².